The van der Waals surface area contributed by atoms with Crippen LogP contribution in [-0.4, -0.2) is 46.0 Å². The summed E-state index contributed by atoms with van der Waals surface area (Å²) in [4.78, 5) is 16.1. The number of aromatic hydroxyl groups is 1. The van der Waals surface area contributed by atoms with Crippen molar-refractivity contribution in [2.75, 3.05) is 35.3 Å². The van der Waals surface area contributed by atoms with Gasteiger partial charge in [0, 0.05) is 18.8 Å². The first-order valence-corrected chi connectivity index (χ1v) is 12.5. The molecule has 0 unspecified atom stereocenters. The number of aryl methyl sites for hydroxylation is 1. The molecule has 2 aromatic carbocycles. The van der Waals surface area contributed by atoms with Crippen LogP contribution in [-0.2, 0) is 0 Å². The molecule has 1 aliphatic heterocycles. The first kappa shape index (κ1) is 25.5. The number of phenols is 1. The summed E-state index contributed by atoms with van der Waals surface area (Å²) in [7, 11) is 0. The molecule has 3 N–H and O–H groups in total. The Hall–Kier alpha value is -3.59. The largest absolute Gasteiger partial charge is 0.503 e. The first-order valence-electron chi connectivity index (χ1n) is 12.1. The third kappa shape index (κ3) is 6.15. The molecule has 0 amide bonds. The first-order chi connectivity index (χ1) is 17.3. The smallest absolute Gasteiger partial charge is 0.250 e. The zero-order valence-corrected chi connectivity index (χ0v) is 21.8. The average Bonchev–Trinajstić information content (AvgIpc) is 2.85. The fourth-order valence-electron chi connectivity index (χ4n) is 3.93. The minimum Gasteiger partial charge on any atom is -0.503 e. The lowest BCUT2D eigenvalue weighted by Gasteiger charge is -2.30. The zero-order valence-electron chi connectivity index (χ0n) is 21.0. The third-order valence-electron chi connectivity index (χ3n) is 6.27. The van der Waals surface area contributed by atoms with E-state index < -0.39 is 0 Å². The number of anilines is 4. The number of phenolic OH excluding ortho intramolecular Hbond substituents is 1. The van der Waals surface area contributed by atoms with Crippen LogP contribution < -0.4 is 20.4 Å². The second kappa shape index (κ2) is 11.4. The summed E-state index contributed by atoms with van der Waals surface area (Å²) in [6.45, 7) is 10.4. The van der Waals surface area contributed by atoms with Crippen LogP contribution in [0, 0.1) is 19.8 Å². The number of nitrogens with one attached hydrogen (secondary N) is 2. The number of hydrazone groups is 1. The molecule has 0 aliphatic carbocycles. The van der Waals surface area contributed by atoms with Gasteiger partial charge in [0.2, 0.25) is 17.8 Å². The van der Waals surface area contributed by atoms with Crippen molar-refractivity contribution in [3.8, 4) is 11.5 Å². The zero-order chi connectivity index (χ0) is 25.7. The second-order valence-corrected chi connectivity index (χ2v) is 9.38. The molecule has 0 saturated carbocycles. The standard InChI is InChI=1S/C26H32ClN7O2/c1-5-36-22-14-19(13-20(27)23(22)35)15-28-33-25-30-24(29-21-8-6-7-17(3)18(21)4)31-26(32-25)34-11-9-16(2)10-12-34/h6-8,13-16,35H,5,9-12H2,1-4H3,(H2,29,30,31,32,33)/b28-15-. The molecule has 1 aromatic heterocycles. The summed E-state index contributed by atoms with van der Waals surface area (Å²) in [6.07, 6.45) is 3.75. The van der Waals surface area contributed by atoms with Gasteiger partial charge in [0.05, 0.1) is 17.8 Å². The summed E-state index contributed by atoms with van der Waals surface area (Å²) in [5, 5.41) is 17.9. The Kier molecular flexibility index (Phi) is 8.10. The van der Waals surface area contributed by atoms with Gasteiger partial charge < -0.3 is 20.1 Å². The number of nitrogens with zero attached hydrogens (tertiary/aromatic N) is 5. The topological polar surface area (TPSA) is 108 Å². The monoisotopic (exact) mass is 509 g/mol. The Balaban J connectivity index is 1.60. The van der Waals surface area contributed by atoms with E-state index in [2.05, 4.69) is 57.5 Å². The highest BCUT2D eigenvalue weighted by Gasteiger charge is 2.20. The van der Waals surface area contributed by atoms with Crippen molar-refractivity contribution in [1.82, 2.24) is 15.0 Å². The molecule has 190 valence electrons. The molecule has 2 heterocycles. The number of hydrogen-bond donors (Lipinski definition) is 3. The minimum atomic E-state index is -0.0938. The number of ether oxygens (including phenoxy) is 1. The lowest BCUT2D eigenvalue weighted by molar-refractivity contribution is 0.318. The molecule has 10 heteroatoms. The Bertz CT molecular complexity index is 1240. The van der Waals surface area contributed by atoms with Gasteiger partial charge in [-0.25, -0.2) is 5.43 Å². The van der Waals surface area contributed by atoms with Crippen molar-refractivity contribution in [2.24, 2.45) is 11.0 Å². The van der Waals surface area contributed by atoms with Crippen molar-refractivity contribution < 1.29 is 9.84 Å². The van der Waals surface area contributed by atoms with Crippen LogP contribution in [0.4, 0.5) is 23.5 Å². The molecular formula is C26H32ClN7O2. The van der Waals surface area contributed by atoms with E-state index in [-0.39, 0.29) is 10.8 Å². The molecule has 0 atom stereocenters. The van der Waals surface area contributed by atoms with Gasteiger partial charge in [-0.3, -0.25) is 0 Å². The maximum Gasteiger partial charge on any atom is 0.250 e. The van der Waals surface area contributed by atoms with Crippen LogP contribution in [0.1, 0.15) is 43.4 Å². The Morgan fingerprint density at radius 2 is 1.92 bits per heavy atom. The van der Waals surface area contributed by atoms with Crippen LogP contribution >= 0.6 is 11.6 Å². The van der Waals surface area contributed by atoms with E-state index in [0.29, 0.717) is 41.7 Å². The van der Waals surface area contributed by atoms with Crippen LogP contribution in [0.25, 0.3) is 0 Å². The number of piperidine rings is 1. The molecular weight excluding hydrogens is 478 g/mol. The maximum atomic E-state index is 10.1. The molecule has 0 radical (unpaired) electrons. The third-order valence-corrected chi connectivity index (χ3v) is 6.56. The number of aromatic nitrogens is 3. The van der Waals surface area contributed by atoms with Crippen molar-refractivity contribution in [2.45, 2.75) is 40.5 Å². The fourth-order valence-corrected chi connectivity index (χ4v) is 4.15. The van der Waals surface area contributed by atoms with Crippen molar-refractivity contribution in [3.05, 3.63) is 52.0 Å². The van der Waals surface area contributed by atoms with Gasteiger partial charge in [0.15, 0.2) is 11.5 Å². The predicted octanol–water partition coefficient (Wildman–Crippen LogP) is 5.67. The number of benzene rings is 2. The van der Waals surface area contributed by atoms with Crippen molar-refractivity contribution >= 4 is 41.3 Å². The lowest BCUT2D eigenvalue weighted by atomic mass is 10.00. The molecule has 1 fully saturated rings. The minimum absolute atomic E-state index is 0.0938. The summed E-state index contributed by atoms with van der Waals surface area (Å²) in [5.74, 6) is 2.26. The normalized spacial score (nSPS) is 14.3. The highest BCUT2D eigenvalue weighted by atomic mass is 35.5. The van der Waals surface area contributed by atoms with Gasteiger partial charge in [-0.1, -0.05) is 30.7 Å². The second-order valence-electron chi connectivity index (χ2n) is 8.98. The van der Waals surface area contributed by atoms with E-state index in [1.165, 1.54) is 5.56 Å². The Labute approximate surface area is 216 Å². The molecule has 4 rings (SSSR count). The van der Waals surface area contributed by atoms with E-state index in [4.69, 9.17) is 21.3 Å². The van der Waals surface area contributed by atoms with Gasteiger partial charge in [-0.15, -0.1) is 0 Å². The summed E-state index contributed by atoms with van der Waals surface area (Å²) < 4.78 is 5.44. The summed E-state index contributed by atoms with van der Waals surface area (Å²) in [5.41, 5.74) is 6.82. The van der Waals surface area contributed by atoms with Gasteiger partial charge >= 0.3 is 0 Å². The van der Waals surface area contributed by atoms with Crippen molar-refractivity contribution in [1.29, 1.82) is 0 Å². The quantitative estimate of drug-likeness (QED) is 0.263. The molecule has 1 saturated heterocycles. The van der Waals surface area contributed by atoms with E-state index in [1.54, 1.807) is 18.3 Å². The molecule has 36 heavy (non-hydrogen) atoms. The van der Waals surface area contributed by atoms with Gasteiger partial charge in [-0.05, 0) is 74.4 Å². The lowest BCUT2D eigenvalue weighted by Crippen LogP contribution is -2.34. The van der Waals surface area contributed by atoms with Crippen LogP contribution in [0.5, 0.6) is 11.5 Å². The number of rotatable bonds is 8. The van der Waals surface area contributed by atoms with E-state index in [0.717, 1.165) is 37.2 Å². The molecule has 0 bridgehead atoms. The highest BCUT2D eigenvalue weighted by molar-refractivity contribution is 6.32. The summed E-state index contributed by atoms with van der Waals surface area (Å²) in [6, 6.07) is 9.34. The molecule has 0 spiro atoms. The van der Waals surface area contributed by atoms with Gasteiger partial charge in [0.1, 0.15) is 0 Å². The summed E-state index contributed by atoms with van der Waals surface area (Å²) >= 11 is 6.13. The fraction of sp³-hybridized carbons (Fsp3) is 0.385. The molecule has 9 nitrogen and oxygen atoms in total. The Morgan fingerprint density at radius 3 is 2.67 bits per heavy atom. The van der Waals surface area contributed by atoms with Crippen molar-refractivity contribution in [3.63, 3.8) is 0 Å². The van der Waals surface area contributed by atoms with Crippen LogP contribution in [0.15, 0.2) is 35.4 Å². The molecule has 1 aliphatic rings. The average molecular weight is 510 g/mol. The predicted molar refractivity (Wildman–Crippen MR) is 145 cm³/mol. The van der Waals surface area contributed by atoms with E-state index in [9.17, 15) is 5.11 Å². The highest BCUT2D eigenvalue weighted by Crippen LogP contribution is 2.34. The van der Waals surface area contributed by atoms with Gasteiger partial charge in [-0.2, -0.15) is 20.1 Å². The van der Waals surface area contributed by atoms with E-state index in [1.807, 2.05) is 19.1 Å². The number of halogens is 1. The van der Waals surface area contributed by atoms with E-state index >= 15 is 0 Å². The SMILES string of the molecule is CCOc1cc(/C=N\Nc2nc(Nc3cccc(C)c3C)nc(N3CCC(C)CC3)n2)cc(Cl)c1O. The molecule has 3 aromatic rings. The number of hydrogen-bond acceptors (Lipinski definition) is 9. The van der Waals surface area contributed by atoms with Crippen LogP contribution in [0.3, 0.4) is 0 Å². The van der Waals surface area contributed by atoms with Gasteiger partial charge in [0.25, 0.3) is 0 Å². The maximum absolute atomic E-state index is 10.1. The van der Waals surface area contributed by atoms with Crippen LogP contribution in [0.2, 0.25) is 5.02 Å². The Morgan fingerprint density at radius 1 is 1.17 bits per heavy atom.